The first kappa shape index (κ1) is 12.4. The molecular weight excluding hydrogens is 254 g/mol. The van der Waals surface area contributed by atoms with Gasteiger partial charge in [-0.25, -0.2) is 0 Å². The monoisotopic (exact) mass is 271 g/mol. The SMILES string of the molecule is CCNCc1cccc2ccn(Cc3cncs3)c12. The fourth-order valence-electron chi connectivity index (χ4n) is 2.36. The predicted molar refractivity (Wildman–Crippen MR) is 80.5 cm³/mol. The van der Waals surface area contributed by atoms with Crippen LogP contribution < -0.4 is 5.32 Å². The van der Waals surface area contributed by atoms with Crippen molar-refractivity contribution in [2.45, 2.75) is 20.0 Å². The highest BCUT2D eigenvalue weighted by molar-refractivity contribution is 7.09. The summed E-state index contributed by atoms with van der Waals surface area (Å²) in [5, 5.41) is 4.71. The van der Waals surface area contributed by atoms with Gasteiger partial charge in [0.15, 0.2) is 0 Å². The lowest BCUT2D eigenvalue weighted by atomic mass is 10.1. The van der Waals surface area contributed by atoms with Crippen molar-refractivity contribution >= 4 is 22.2 Å². The average Bonchev–Trinajstić information content (AvgIpc) is 3.07. The van der Waals surface area contributed by atoms with Crippen molar-refractivity contribution in [2.75, 3.05) is 6.54 Å². The maximum absolute atomic E-state index is 4.15. The van der Waals surface area contributed by atoms with Crippen LogP contribution in [0, 0.1) is 0 Å². The predicted octanol–water partition coefficient (Wildman–Crippen LogP) is 3.26. The van der Waals surface area contributed by atoms with E-state index < -0.39 is 0 Å². The maximum Gasteiger partial charge on any atom is 0.0794 e. The molecule has 98 valence electrons. The molecule has 2 heterocycles. The molecule has 3 rings (SSSR count). The Labute approximate surface area is 116 Å². The lowest BCUT2D eigenvalue weighted by Gasteiger charge is -2.09. The van der Waals surface area contributed by atoms with Gasteiger partial charge in [-0.15, -0.1) is 11.3 Å². The van der Waals surface area contributed by atoms with Crippen molar-refractivity contribution < 1.29 is 0 Å². The van der Waals surface area contributed by atoms with Crippen LogP contribution in [-0.4, -0.2) is 16.1 Å². The van der Waals surface area contributed by atoms with E-state index in [2.05, 4.69) is 52.3 Å². The number of nitrogens with one attached hydrogen (secondary N) is 1. The molecule has 3 nitrogen and oxygen atoms in total. The zero-order valence-electron chi connectivity index (χ0n) is 11.0. The van der Waals surface area contributed by atoms with Crippen LogP contribution in [0.25, 0.3) is 10.9 Å². The normalized spacial score (nSPS) is 11.2. The van der Waals surface area contributed by atoms with Crippen LogP contribution in [-0.2, 0) is 13.1 Å². The molecule has 0 unspecified atom stereocenters. The molecule has 19 heavy (non-hydrogen) atoms. The van der Waals surface area contributed by atoms with Crippen molar-refractivity contribution in [3.8, 4) is 0 Å². The van der Waals surface area contributed by atoms with Crippen LogP contribution in [0.3, 0.4) is 0 Å². The van der Waals surface area contributed by atoms with Crippen molar-refractivity contribution in [1.29, 1.82) is 0 Å². The van der Waals surface area contributed by atoms with Gasteiger partial charge in [0.2, 0.25) is 0 Å². The number of benzene rings is 1. The zero-order valence-corrected chi connectivity index (χ0v) is 11.8. The summed E-state index contributed by atoms with van der Waals surface area (Å²) in [5.74, 6) is 0. The van der Waals surface area contributed by atoms with E-state index in [-0.39, 0.29) is 0 Å². The minimum atomic E-state index is 0.900. The van der Waals surface area contributed by atoms with Crippen LogP contribution in [0.5, 0.6) is 0 Å². The molecule has 1 N–H and O–H groups in total. The van der Waals surface area contributed by atoms with Crippen LogP contribution >= 0.6 is 11.3 Å². The van der Waals surface area contributed by atoms with Crippen LogP contribution in [0.1, 0.15) is 17.4 Å². The molecule has 0 amide bonds. The lowest BCUT2D eigenvalue weighted by molar-refractivity contribution is 0.724. The third-order valence-corrected chi connectivity index (χ3v) is 4.01. The lowest BCUT2D eigenvalue weighted by Crippen LogP contribution is -2.12. The highest BCUT2D eigenvalue weighted by Gasteiger charge is 2.07. The highest BCUT2D eigenvalue weighted by Crippen LogP contribution is 2.22. The van der Waals surface area contributed by atoms with Gasteiger partial charge in [-0.1, -0.05) is 25.1 Å². The number of aromatic nitrogens is 2. The van der Waals surface area contributed by atoms with Crippen LogP contribution in [0.15, 0.2) is 42.2 Å². The summed E-state index contributed by atoms with van der Waals surface area (Å²) < 4.78 is 2.32. The number of nitrogens with zero attached hydrogens (tertiary/aromatic N) is 2. The average molecular weight is 271 g/mol. The minimum Gasteiger partial charge on any atom is -0.342 e. The van der Waals surface area contributed by atoms with Gasteiger partial charge in [-0.2, -0.15) is 0 Å². The van der Waals surface area contributed by atoms with Crippen molar-refractivity contribution in [2.24, 2.45) is 0 Å². The van der Waals surface area contributed by atoms with Gasteiger partial charge in [-0.3, -0.25) is 4.98 Å². The smallest absolute Gasteiger partial charge is 0.0794 e. The molecule has 0 bridgehead atoms. The van der Waals surface area contributed by atoms with Gasteiger partial charge in [0.1, 0.15) is 0 Å². The second-order valence-electron chi connectivity index (χ2n) is 4.55. The van der Waals surface area contributed by atoms with Gasteiger partial charge < -0.3 is 9.88 Å². The van der Waals surface area contributed by atoms with Gasteiger partial charge in [0.25, 0.3) is 0 Å². The molecule has 0 aliphatic rings. The number of rotatable bonds is 5. The van der Waals surface area contributed by atoms with Crippen molar-refractivity contribution in [1.82, 2.24) is 14.9 Å². The molecule has 0 fully saturated rings. The molecule has 3 aromatic rings. The molecular formula is C15H17N3S. The molecule has 0 aliphatic carbocycles. The Kier molecular flexibility index (Phi) is 3.62. The van der Waals surface area contributed by atoms with Crippen molar-refractivity contribution in [3.05, 3.63) is 52.6 Å². The largest absolute Gasteiger partial charge is 0.342 e. The standard InChI is InChI=1S/C15H17N3S/c1-2-16-8-13-5-3-4-12-6-7-18(15(12)13)10-14-9-17-11-19-14/h3-7,9,11,16H,2,8,10H2,1H3. The molecule has 0 aliphatic heterocycles. The van der Waals surface area contributed by atoms with E-state index in [1.165, 1.54) is 21.3 Å². The number of para-hydroxylation sites is 1. The van der Waals surface area contributed by atoms with Gasteiger partial charge in [-0.05, 0) is 23.6 Å². The Morgan fingerprint density at radius 3 is 3.05 bits per heavy atom. The first-order chi connectivity index (χ1) is 9.38. The Hall–Kier alpha value is -1.65. The van der Waals surface area contributed by atoms with E-state index >= 15 is 0 Å². The summed E-state index contributed by atoms with van der Waals surface area (Å²) >= 11 is 1.71. The summed E-state index contributed by atoms with van der Waals surface area (Å²) in [6.45, 7) is 4.94. The Bertz CT molecular complexity index is 655. The Morgan fingerprint density at radius 2 is 2.26 bits per heavy atom. The molecule has 0 radical (unpaired) electrons. The Morgan fingerprint density at radius 1 is 1.32 bits per heavy atom. The molecule has 0 spiro atoms. The van der Waals surface area contributed by atoms with E-state index in [0.717, 1.165) is 19.6 Å². The molecule has 1 aromatic carbocycles. The molecule has 4 heteroatoms. The fourth-order valence-corrected chi connectivity index (χ4v) is 2.96. The summed E-state index contributed by atoms with van der Waals surface area (Å²) in [4.78, 5) is 5.44. The van der Waals surface area contributed by atoms with E-state index in [1.807, 2.05) is 11.7 Å². The fraction of sp³-hybridized carbons (Fsp3) is 0.267. The maximum atomic E-state index is 4.15. The number of fused-ring (bicyclic) bond motifs is 1. The second kappa shape index (κ2) is 5.55. The second-order valence-corrected chi connectivity index (χ2v) is 5.52. The summed E-state index contributed by atoms with van der Waals surface area (Å²) in [7, 11) is 0. The molecule has 2 aromatic heterocycles. The molecule has 0 atom stereocenters. The number of thiazole rings is 1. The van der Waals surface area contributed by atoms with E-state index in [9.17, 15) is 0 Å². The summed E-state index contributed by atoms with van der Waals surface area (Å²) in [6, 6.07) is 8.69. The Balaban J connectivity index is 1.99. The quantitative estimate of drug-likeness (QED) is 0.772. The van der Waals surface area contributed by atoms with Gasteiger partial charge in [0, 0.05) is 23.8 Å². The number of hydrogen-bond acceptors (Lipinski definition) is 3. The van der Waals surface area contributed by atoms with Gasteiger partial charge in [0.05, 0.1) is 17.6 Å². The molecule has 0 saturated heterocycles. The van der Waals surface area contributed by atoms with Crippen LogP contribution in [0.4, 0.5) is 0 Å². The third-order valence-electron chi connectivity index (χ3n) is 3.25. The van der Waals surface area contributed by atoms with Gasteiger partial charge >= 0.3 is 0 Å². The number of hydrogen-bond donors (Lipinski definition) is 1. The first-order valence-corrected chi connectivity index (χ1v) is 7.41. The van der Waals surface area contributed by atoms with Crippen molar-refractivity contribution in [3.63, 3.8) is 0 Å². The minimum absolute atomic E-state index is 0.900. The molecule has 0 saturated carbocycles. The summed E-state index contributed by atoms with van der Waals surface area (Å²) in [6.07, 6.45) is 4.11. The highest BCUT2D eigenvalue weighted by atomic mass is 32.1. The zero-order chi connectivity index (χ0) is 13.1. The topological polar surface area (TPSA) is 29.9 Å². The third kappa shape index (κ3) is 2.55. The van der Waals surface area contributed by atoms with E-state index in [0.29, 0.717) is 0 Å². The van der Waals surface area contributed by atoms with E-state index in [1.54, 1.807) is 11.3 Å². The summed E-state index contributed by atoms with van der Waals surface area (Å²) in [5.41, 5.74) is 4.58. The van der Waals surface area contributed by atoms with Crippen LogP contribution in [0.2, 0.25) is 0 Å². The van der Waals surface area contributed by atoms with E-state index in [4.69, 9.17) is 0 Å². The first-order valence-electron chi connectivity index (χ1n) is 6.53.